The molecular formula is C27H23F3N2O2. The van der Waals surface area contributed by atoms with Crippen LogP contribution in [-0.4, -0.2) is 28.9 Å². The number of likely N-dealkylation sites (tertiary alicyclic amines) is 1. The number of hydrogen-bond donors (Lipinski definition) is 0. The highest BCUT2D eigenvalue weighted by atomic mass is 19.4. The molecule has 174 valence electrons. The number of hydrogen-bond acceptors (Lipinski definition) is 3. The Bertz CT molecular complexity index is 1270. The quantitative estimate of drug-likeness (QED) is 0.517. The van der Waals surface area contributed by atoms with E-state index in [9.17, 15) is 18.0 Å². The predicted molar refractivity (Wildman–Crippen MR) is 120 cm³/mol. The molecule has 1 aliphatic carbocycles. The summed E-state index contributed by atoms with van der Waals surface area (Å²) in [6.07, 6.45) is -0.488. The molecule has 2 fully saturated rings. The number of rotatable bonds is 3. The van der Waals surface area contributed by atoms with Crippen molar-refractivity contribution in [3.8, 4) is 11.3 Å². The second kappa shape index (κ2) is 7.40. The van der Waals surface area contributed by atoms with Gasteiger partial charge in [-0.15, -0.1) is 0 Å². The van der Waals surface area contributed by atoms with Crippen LogP contribution in [0.1, 0.15) is 41.5 Å². The number of nitrogens with zero attached hydrogens (tertiary/aromatic N) is 2. The molecule has 1 aromatic heterocycles. The van der Waals surface area contributed by atoms with Crippen molar-refractivity contribution in [2.24, 2.45) is 0 Å². The third-order valence-electron chi connectivity index (χ3n) is 7.49. The molecule has 1 saturated heterocycles. The van der Waals surface area contributed by atoms with Crippen LogP contribution >= 0.6 is 0 Å². The van der Waals surface area contributed by atoms with Crippen LogP contribution in [0.3, 0.4) is 0 Å². The van der Waals surface area contributed by atoms with Gasteiger partial charge in [0.1, 0.15) is 5.60 Å². The second-order valence-electron chi connectivity index (χ2n) is 9.51. The fourth-order valence-corrected chi connectivity index (χ4v) is 5.43. The summed E-state index contributed by atoms with van der Waals surface area (Å²) in [4.78, 5) is 19.9. The number of benzene rings is 2. The Kier molecular flexibility index (Phi) is 4.65. The Labute approximate surface area is 195 Å². The zero-order chi connectivity index (χ0) is 23.6. The van der Waals surface area contributed by atoms with Crippen LogP contribution in [0.15, 0.2) is 66.9 Å². The first-order valence-electron chi connectivity index (χ1n) is 11.5. The lowest BCUT2D eigenvalue weighted by Gasteiger charge is -2.27. The molecule has 3 heterocycles. The Hall–Kier alpha value is -3.19. The molecule has 1 saturated carbocycles. The van der Waals surface area contributed by atoms with Gasteiger partial charge in [0.05, 0.1) is 29.8 Å². The van der Waals surface area contributed by atoms with Gasteiger partial charge in [-0.25, -0.2) is 0 Å². The zero-order valence-electron chi connectivity index (χ0n) is 18.4. The van der Waals surface area contributed by atoms with Crippen molar-refractivity contribution in [1.82, 2.24) is 9.88 Å². The normalized spacial score (nSPS) is 22.7. The van der Waals surface area contributed by atoms with E-state index in [4.69, 9.17) is 4.74 Å². The maximum Gasteiger partial charge on any atom is 0.416 e. The van der Waals surface area contributed by atoms with Crippen molar-refractivity contribution < 1.29 is 22.7 Å². The molecule has 6 rings (SSSR count). The van der Waals surface area contributed by atoms with Gasteiger partial charge in [0.25, 0.3) is 0 Å². The monoisotopic (exact) mass is 464 g/mol. The van der Waals surface area contributed by atoms with E-state index in [1.165, 1.54) is 17.2 Å². The molecule has 1 spiro atoms. The SMILES string of the molecule is O=C(N1CC[C@@]2(C1)OCc1ccccc12)C1(c2ccc(-c3cccc(C(F)(F)F)c3)nc2)CC1. The fourth-order valence-electron chi connectivity index (χ4n) is 5.43. The smallest absolute Gasteiger partial charge is 0.364 e. The van der Waals surface area contributed by atoms with E-state index in [1.54, 1.807) is 18.3 Å². The molecule has 0 N–H and O–H groups in total. The average Bonchev–Trinajstić information content (AvgIpc) is 3.43. The summed E-state index contributed by atoms with van der Waals surface area (Å²) in [6, 6.07) is 16.9. The first-order chi connectivity index (χ1) is 16.3. The summed E-state index contributed by atoms with van der Waals surface area (Å²) >= 11 is 0. The summed E-state index contributed by atoms with van der Waals surface area (Å²) in [5.74, 6) is 0.0889. The average molecular weight is 464 g/mol. The number of pyridine rings is 1. The van der Waals surface area contributed by atoms with Crippen LogP contribution in [0.2, 0.25) is 0 Å². The van der Waals surface area contributed by atoms with Crippen molar-refractivity contribution in [3.63, 3.8) is 0 Å². The molecular weight excluding hydrogens is 441 g/mol. The minimum absolute atomic E-state index is 0.0889. The van der Waals surface area contributed by atoms with Gasteiger partial charge in [-0.2, -0.15) is 13.2 Å². The fraction of sp³-hybridized carbons (Fsp3) is 0.333. The predicted octanol–water partition coefficient (Wildman–Crippen LogP) is 5.46. The minimum Gasteiger partial charge on any atom is -0.364 e. The van der Waals surface area contributed by atoms with Crippen LogP contribution in [-0.2, 0) is 33.3 Å². The number of fused-ring (bicyclic) bond motifs is 2. The number of amides is 1. The third kappa shape index (κ3) is 3.33. The molecule has 3 aromatic rings. The van der Waals surface area contributed by atoms with E-state index in [-0.39, 0.29) is 5.91 Å². The molecule has 7 heteroatoms. The highest BCUT2D eigenvalue weighted by Gasteiger charge is 2.56. The molecule has 0 unspecified atom stereocenters. The number of carbonyl (C=O) groups is 1. The molecule has 2 aromatic carbocycles. The lowest BCUT2D eigenvalue weighted by molar-refractivity contribution is -0.137. The van der Waals surface area contributed by atoms with Gasteiger partial charge in [-0.05, 0) is 54.2 Å². The largest absolute Gasteiger partial charge is 0.416 e. The standard InChI is InChI=1S/C27H23F3N2O2/c28-27(29,30)20-6-3-5-18(14-20)23-9-8-21(15-31-23)25(10-11-25)24(33)32-13-12-26(17-32)22-7-2-1-4-19(22)16-34-26/h1-9,14-15H,10-13,16-17H2/t26-/m0/s1. The van der Waals surface area contributed by atoms with Crippen LogP contribution in [0, 0.1) is 0 Å². The van der Waals surface area contributed by atoms with E-state index in [0.29, 0.717) is 31.0 Å². The summed E-state index contributed by atoms with van der Waals surface area (Å²) in [5.41, 5.74) is 2.32. The number of halogens is 3. The Morgan fingerprint density at radius 1 is 1.00 bits per heavy atom. The van der Waals surface area contributed by atoms with Crippen molar-refractivity contribution in [2.75, 3.05) is 13.1 Å². The minimum atomic E-state index is -4.41. The van der Waals surface area contributed by atoms with Crippen molar-refractivity contribution in [1.29, 1.82) is 0 Å². The van der Waals surface area contributed by atoms with Crippen LogP contribution in [0.4, 0.5) is 13.2 Å². The maximum absolute atomic E-state index is 13.6. The Morgan fingerprint density at radius 3 is 2.56 bits per heavy atom. The van der Waals surface area contributed by atoms with E-state index < -0.39 is 22.8 Å². The maximum atomic E-state index is 13.6. The van der Waals surface area contributed by atoms with Gasteiger partial charge in [-0.1, -0.05) is 42.5 Å². The third-order valence-corrected chi connectivity index (χ3v) is 7.49. The molecule has 1 atom stereocenters. The number of alkyl halides is 3. The van der Waals surface area contributed by atoms with E-state index in [0.717, 1.165) is 37.0 Å². The summed E-state index contributed by atoms with van der Waals surface area (Å²) in [5, 5.41) is 0. The molecule has 0 radical (unpaired) electrons. The van der Waals surface area contributed by atoms with Crippen molar-refractivity contribution >= 4 is 5.91 Å². The van der Waals surface area contributed by atoms with Gasteiger partial charge in [0.15, 0.2) is 0 Å². The molecule has 1 amide bonds. The highest BCUT2D eigenvalue weighted by molar-refractivity contribution is 5.91. The van der Waals surface area contributed by atoms with E-state index in [1.807, 2.05) is 23.1 Å². The van der Waals surface area contributed by atoms with Crippen LogP contribution in [0.5, 0.6) is 0 Å². The summed E-state index contributed by atoms with van der Waals surface area (Å²) in [7, 11) is 0. The van der Waals surface area contributed by atoms with Gasteiger partial charge < -0.3 is 9.64 Å². The van der Waals surface area contributed by atoms with Crippen LogP contribution in [0.25, 0.3) is 11.3 Å². The van der Waals surface area contributed by atoms with Crippen molar-refractivity contribution in [3.05, 3.63) is 89.1 Å². The second-order valence-corrected chi connectivity index (χ2v) is 9.51. The topological polar surface area (TPSA) is 42.4 Å². The summed E-state index contributed by atoms with van der Waals surface area (Å²) < 4.78 is 45.4. The van der Waals surface area contributed by atoms with E-state index >= 15 is 0 Å². The lowest BCUT2D eigenvalue weighted by Crippen LogP contribution is -2.40. The Morgan fingerprint density at radius 2 is 1.82 bits per heavy atom. The number of aromatic nitrogens is 1. The first-order valence-corrected chi connectivity index (χ1v) is 11.5. The molecule has 3 aliphatic rings. The van der Waals surface area contributed by atoms with Crippen LogP contribution < -0.4 is 0 Å². The molecule has 34 heavy (non-hydrogen) atoms. The van der Waals surface area contributed by atoms with Gasteiger partial charge >= 0.3 is 6.18 Å². The van der Waals surface area contributed by atoms with Gasteiger partial charge in [-0.3, -0.25) is 9.78 Å². The van der Waals surface area contributed by atoms with E-state index in [2.05, 4.69) is 17.1 Å². The highest BCUT2D eigenvalue weighted by Crippen LogP contribution is 2.52. The Balaban J connectivity index is 1.22. The number of carbonyl (C=O) groups excluding carboxylic acids is 1. The molecule has 0 bridgehead atoms. The lowest BCUT2D eigenvalue weighted by atomic mass is 9.91. The van der Waals surface area contributed by atoms with Crippen molar-refractivity contribution in [2.45, 2.75) is 43.1 Å². The first kappa shape index (κ1) is 21.4. The number of ether oxygens (including phenoxy) is 1. The molecule has 2 aliphatic heterocycles. The van der Waals surface area contributed by atoms with Gasteiger partial charge in [0.2, 0.25) is 5.91 Å². The summed E-state index contributed by atoms with van der Waals surface area (Å²) in [6.45, 7) is 1.76. The zero-order valence-corrected chi connectivity index (χ0v) is 18.4. The molecule has 4 nitrogen and oxygen atoms in total. The van der Waals surface area contributed by atoms with Gasteiger partial charge in [0, 0.05) is 18.3 Å².